The van der Waals surface area contributed by atoms with Crippen LogP contribution < -0.4 is 0 Å². The van der Waals surface area contributed by atoms with Gasteiger partial charge in [0, 0.05) is 0 Å². The number of rotatable bonds is 2. The third kappa shape index (κ3) is 3.77. The molecule has 2 aliphatic heterocycles. The molecule has 2 heterocycles. The second-order valence-electron chi connectivity index (χ2n) is 9.12. The van der Waals surface area contributed by atoms with E-state index in [1.54, 1.807) is 0 Å². The lowest BCUT2D eigenvalue weighted by Crippen LogP contribution is -2.45. The molecule has 2 fully saturated rings. The van der Waals surface area contributed by atoms with Gasteiger partial charge >= 0.3 is 0 Å². The van der Waals surface area contributed by atoms with Crippen LogP contribution in [0.1, 0.15) is 59.3 Å². The van der Waals surface area contributed by atoms with Crippen molar-refractivity contribution in [1.29, 1.82) is 0 Å². The standard InChI is InChI=1S/C17H33BSi/c1-17(2,3)13-16(19(4,5)6)18-14-9-7-10-15(18)12-8-11-14/h13-15H,7-12H2,1-6H3/b16-13-. The number of hydrogen-bond acceptors (Lipinski definition) is 0. The maximum atomic E-state index is 2.68. The molecule has 108 valence electrons. The van der Waals surface area contributed by atoms with Crippen LogP contribution in [0.25, 0.3) is 0 Å². The molecule has 2 bridgehead atoms. The number of allylic oxidation sites excluding steroid dienone is 1. The van der Waals surface area contributed by atoms with E-state index < -0.39 is 8.07 Å². The van der Waals surface area contributed by atoms with Crippen molar-refractivity contribution in [1.82, 2.24) is 0 Å². The number of fused-ring (bicyclic) bond motifs is 2. The summed E-state index contributed by atoms with van der Waals surface area (Å²) < 4.78 is 0. The van der Waals surface area contributed by atoms with E-state index in [0.29, 0.717) is 5.41 Å². The van der Waals surface area contributed by atoms with Crippen LogP contribution in [-0.2, 0) is 0 Å². The minimum Gasteiger partial charge on any atom is -0.113 e. The highest BCUT2D eigenvalue weighted by Crippen LogP contribution is 2.50. The molecule has 2 aliphatic rings. The van der Waals surface area contributed by atoms with Crippen molar-refractivity contribution in [2.75, 3.05) is 0 Å². The molecule has 0 amide bonds. The Morgan fingerprint density at radius 2 is 1.37 bits per heavy atom. The summed E-state index contributed by atoms with van der Waals surface area (Å²) in [5, 5.41) is 1.91. The SMILES string of the molecule is CC(C)(C)/C=C(/B1C2CCCC1CCC2)[Si](C)(C)C. The second kappa shape index (κ2) is 5.43. The molecule has 0 aromatic rings. The van der Waals surface area contributed by atoms with Gasteiger partial charge in [0.05, 0.1) is 8.07 Å². The first kappa shape index (κ1) is 15.4. The normalized spacial score (nSPS) is 29.6. The molecule has 2 saturated heterocycles. The molecule has 0 nitrogen and oxygen atoms in total. The molecule has 19 heavy (non-hydrogen) atoms. The average Bonchev–Trinajstić information content (AvgIpc) is 2.22. The van der Waals surface area contributed by atoms with Crippen LogP contribution >= 0.6 is 0 Å². The second-order valence-corrected chi connectivity index (χ2v) is 14.2. The minimum atomic E-state index is -1.19. The molecule has 2 heteroatoms. The van der Waals surface area contributed by atoms with Crippen molar-refractivity contribution in [3.05, 3.63) is 11.2 Å². The Morgan fingerprint density at radius 3 is 1.68 bits per heavy atom. The molecule has 0 radical (unpaired) electrons. The molecule has 0 aliphatic carbocycles. The van der Waals surface area contributed by atoms with Crippen LogP contribution in [0.4, 0.5) is 0 Å². The van der Waals surface area contributed by atoms with E-state index in [0.717, 1.165) is 18.3 Å². The lowest BCUT2D eigenvalue weighted by Gasteiger charge is -2.45. The third-order valence-electron chi connectivity index (χ3n) is 5.13. The smallest absolute Gasteiger partial charge is 0.113 e. The van der Waals surface area contributed by atoms with Gasteiger partial charge in [-0.15, -0.1) is 5.10 Å². The Morgan fingerprint density at radius 1 is 0.947 bits per heavy atom. The summed E-state index contributed by atoms with van der Waals surface area (Å²) >= 11 is 0. The van der Waals surface area contributed by atoms with Gasteiger partial charge in [0.25, 0.3) is 0 Å². The van der Waals surface area contributed by atoms with Crippen LogP contribution in [0, 0.1) is 5.41 Å². The third-order valence-corrected chi connectivity index (χ3v) is 7.34. The Kier molecular flexibility index (Phi) is 4.40. The Labute approximate surface area is 122 Å². The lowest BCUT2D eigenvalue weighted by atomic mass is 9.27. The van der Waals surface area contributed by atoms with Gasteiger partial charge in [0.2, 0.25) is 0 Å². The van der Waals surface area contributed by atoms with Gasteiger partial charge in [0.15, 0.2) is 6.71 Å². The van der Waals surface area contributed by atoms with Gasteiger partial charge < -0.3 is 0 Å². The first-order valence-corrected chi connectivity index (χ1v) is 11.9. The van der Waals surface area contributed by atoms with E-state index >= 15 is 0 Å². The lowest BCUT2D eigenvalue weighted by molar-refractivity contribution is 0.446. The molecule has 0 atom stereocenters. The van der Waals surface area contributed by atoms with Gasteiger partial charge in [-0.25, -0.2) is 0 Å². The molecule has 0 aromatic heterocycles. The fraction of sp³-hybridized carbons (Fsp3) is 0.882. The zero-order chi connectivity index (χ0) is 14.3. The van der Waals surface area contributed by atoms with E-state index in [9.17, 15) is 0 Å². The molecule has 0 aromatic carbocycles. The van der Waals surface area contributed by atoms with E-state index in [1.807, 2.05) is 5.10 Å². The maximum Gasteiger partial charge on any atom is 0.171 e. The summed E-state index contributed by atoms with van der Waals surface area (Å²) in [6.45, 7) is 15.8. The van der Waals surface area contributed by atoms with E-state index in [4.69, 9.17) is 0 Å². The van der Waals surface area contributed by atoms with Crippen LogP contribution in [-0.4, -0.2) is 14.8 Å². The summed E-state index contributed by atoms with van der Waals surface area (Å²) in [5.74, 6) is 2.04. The largest absolute Gasteiger partial charge is 0.171 e. The summed E-state index contributed by atoms with van der Waals surface area (Å²) in [5.41, 5.74) is 0.349. The molecule has 0 spiro atoms. The highest BCUT2D eigenvalue weighted by atomic mass is 28.3. The van der Waals surface area contributed by atoms with Crippen molar-refractivity contribution in [2.24, 2.45) is 5.41 Å². The molecular formula is C17H33BSi. The summed E-state index contributed by atoms with van der Waals surface area (Å²) in [6.07, 6.45) is 11.7. The predicted molar refractivity (Wildman–Crippen MR) is 91.8 cm³/mol. The molecule has 0 saturated carbocycles. The topological polar surface area (TPSA) is 0 Å². The highest BCUT2D eigenvalue weighted by Gasteiger charge is 2.44. The Bertz CT molecular complexity index is 323. The van der Waals surface area contributed by atoms with Gasteiger partial charge in [-0.1, -0.05) is 96.6 Å². The molecule has 0 unspecified atom stereocenters. The first-order valence-electron chi connectivity index (χ1n) is 8.42. The Hall–Kier alpha value is 0.0218. The van der Waals surface area contributed by atoms with E-state index in [-0.39, 0.29) is 0 Å². The van der Waals surface area contributed by atoms with Crippen LogP contribution in [0.5, 0.6) is 0 Å². The predicted octanol–water partition coefficient (Wildman–Crippen LogP) is 5.98. The maximum absolute atomic E-state index is 2.68. The molecular weight excluding hydrogens is 243 g/mol. The van der Waals surface area contributed by atoms with Crippen molar-refractivity contribution >= 4 is 14.8 Å². The fourth-order valence-electron chi connectivity index (χ4n) is 4.46. The summed E-state index contributed by atoms with van der Waals surface area (Å²) in [4.78, 5) is 0. The van der Waals surface area contributed by atoms with Crippen molar-refractivity contribution in [3.8, 4) is 0 Å². The van der Waals surface area contributed by atoms with E-state index in [1.165, 1.54) is 38.5 Å². The monoisotopic (exact) mass is 276 g/mol. The van der Waals surface area contributed by atoms with Gasteiger partial charge in [-0.3, -0.25) is 0 Å². The van der Waals surface area contributed by atoms with Gasteiger partial charge in [0.1, 0.15) is 0 Å². The van der Waals surface area contributed by atoms with Crippen LogP contribution in [0.15, 0.2) is 11.2 Å². The van der Waals surface area contributed by atoms with Gasteiger partial charge in [-0.2, -0.15) is 0 Å². The fourth-order valence-corrected chi connectivity index (χ4v) is 6.80. The Balaban J connectivity index is 2.35. The summed E-state index contributed by atoms with van der Waals surface area (Å²) in [7, 11) is -1.19. The number of hydrogen-bond donors (Lipinski definition) is 0. The van der Waals surface area contributed by atoms with Crippen molar-refractivity contribution < 1.29 is 0 Å². The average molecular weight is 276 g/mol. The van der Waals surface area contributed by atoms with E-state index in [2.05, 4.69) is 46.5 Å². The zero-order valence-corrected chi connectivity index (χ0v) is 15.1. The summed E-state index contributed by atoms with van der Waals surface area (Å²) in [6, 6.07) is 0. The van der Waals surface area contributed by atoms with Crippen molar-refractivity contribution in [2.45, 2.75) is 90.6 Å². The highest BCUT2D eigenvalue weighted by molar-refractivity contribution is 6.99. The molecule has 0 N–H and O–H groups in total. The zero-order valence-electron chi connectivity index (χ0n) is 14.1. The van der Waals surface area contributed by atoms with Gasteiger partial charge in [-0.05, 0) is 5.41 Å². The van der Waals surface area contributed by atoms with Crippen molar-refractivity contribution in [3.63, 3.8) is 0 Å². The minimum absolute atomic E-state index is 0.349. The first-order chi connectivity index (χ1) is 8.68. The van der Waals surface area contributed by atoms with Crippen LogP contribution in [0.2, 0.25) is 31.3 Å². The molecule has 2 rings (SSSR count). The van der Waals surface area contributed by atoms with Crippen LogP contribution in [0.3, 0.4) is 0 Å². The quantitative estimate of drug-likeness (QED) is 0.544.